The van der Waals surface area contributed by atoms with Crippen LogP contribution in [0.25, 0.3) is 10.1 Å². The summed E-state index contributed by atoms with van der Waals surface area (Å²) >= 11 is 1.74. The molecule has 1 aromatic heterocycles. The molecule has 88 valence electrons. The molecule has 2 amide bonds. The summed E-state index contributed by atoms with van der Waals surface area (Å²) in [5.74, 6) is 0. The molecule has 0 saturated carbocycles. The highest BCUT2D eigenvalue weighted by atomic mass is 32.1. The fourth-order valence-electron chi connectivity index (χ4n) is 2.31. The monoisotopic (exact) mass is 246 g/mol. The van der Waals surface area contributed by atoms with Gasteiger partial charge in [0.1, 0.15) is 0 Å². The lowest BCUT2D eigenvalue weighted by molar-refractivity contribution is 0.219. The molecule has 17 heavy (non-hydrogen) atoms. The molecule has 4 heteroatoms. The lowest BCUT2D eigenvalue weighted by Gasteiger charge is -2.10. The predicted octanol–water partition coefficient (Wildman–Crippen LogP) is 2.99. The summed E-state index contributed by atoms with van der Waals surface area (Å²) in [5.41, 5.74) is 1.25. The number of carbonyl (C=O) groups excluding carboxylic acids is 1. The van der Waals surface area contributed by atoms with E-state index in [0.29, 0.717) is 0 Å². The Labute approximate surface area is 104 Å². The van der Waals surface area contributed by atoms with Crippen molar-refractivity contribution in [2.75, 3.05) is 13.1 Å². The summed E-state index contributed by atoms with van der Waals surface area (Å²) in [6.45, 7) is 3.55. The van der Waals surface area contributed by atoms with Crippen LogP contribution in [0.4, 0.5) is 4.79 Å². The van der Waals surface area contributed by atoms with Crippen LogP contribution in [0, 0.1) is 0 Å². The van der Waals surface area contributed by atoms with Gasteiger partial charge in [0.25, 0.3) is 0 Å². The summed E-state index contributed by atoms with van der Waals surface area (Å²) in [6, 6.07) is 8.53. The molecule has 1 fully saturated rings. The van der Waals surface area contributed by atoms with Gasteiger partial charge in [0, 0.05) is 17.8 Å². The fourth-order valence-corrected chi connectivity index (χ4v) is 3.32. The molecule has 0 spiro atoms. The first kappa shape index (κ1) is 10.6. The van der Waals surface area contributed by atoms with Gasteiger partial charge in [-0.25, -0.2) is 4.79 Å². The number of nitrogens with zero attached hydrogens (tertiary/aromatic N) is 1. The van der Waals surface area contributed by atoms with Crippen molar-refractivity contribution < 1.29 is 4.79 Å². The first-order chi connectivity index (χ1) is 8.29. The highest BCUT2D eigenvalue weighted by Crippen LogP contribution is 2.32. The fraction of sp³-hybridized carbons (Fsp3) is 0.308. The molecule has 2 aromatic rings. The zero-order valence-corrected chi connectivity index (χ0v) is 10.5. The van der Waals surface area contributed by atoms with E-state index in [1.54, 1.807) is 11.3 Å². The van der Waals surface area contributed by atoms with Gasteiger partial charge >= 0.3 is 6.03 Å². The van der Waals surface area contributed by atoms with Gasteiger partial charge < -0.3 is 10.2 Å². The van der Waals surface area contributed by atoms with Crippen LogP contribution in [0.15, 0.2) is 29.6 Å². The molecule has 1 atom stereocenters. The van der Waals surface area contributed by atoms with E-state index in [9.17, 15) is 4.79 Å². The zero-order valence-electron chi connectivity index (χ0n) is 9.64. The summed E-state index contributed by atoms with van der Waals surface area (Å²) in [7, 11) is 0. The molecule has 3 nitrogen and oxygen atoms in total. The molecule has 1 aliphatic rings. The van der Waals surface area contributed by atoms with Crippen molar-refractivity contribution >= 4 is 27.5 Å². The molecule has 1 aromatic carbocycles. The highest BCUT2D eigenvalue weighted by molar-refractivity contribution is 7.17. The maximum absolute atomic E-state index is 11.7. The zero-order chi connectivity index (χ0) is 11.8. The number of carbonyl (C=O) groups is 1. The standard InChI is InChI=1S/C13H14N2OS/c1-2-15-7-11(14-13(15)16)10-8-17-12-6-4-3-5-9(10)12/h3-6,8,11H,2,7H2,1H3,(H,14,16). The maximum atomic E-state index is 11.7. The minimum absolute atomic E-state index is 0.0489. The largest absolute Gasteiger partial charge is 0.329 e. The Morgan fingerprint density at radius 1 is 1.47 bits per heavy atom. The minimum Gasteiger partial charge on any atom is -0.329 e. The van der Waals surface area contributed by atoms with Gasteiger partial charge in [0.2, 0.25) is 0 Å². The number of urea groups is 1. The number of benzene rings is 1. The average molecular weight is 246 g/mol. The van der Waals surface area contributed by atoms with Gasteiger partial charge in [-0.3, -0.25) is 0 Å². The number of likely N-dealkylation sites (N-methyl/N-ethyl adjacent to an activating group) is 1. The number of rotatable bonds is 2. The van der Waals surface area contributed by atoms with E-state index in [1.165, 1.54) is 15.6 Å². The quantitative estimate of drug-likeness (QED) is 0.868. The van der Waals surface area contributed by atoms with Crippen molar-refractivity contribution in [2.24, 2.45) is 0 Å². The lowest BCUT2D eigenvalue weighted by atomic mass is 10.1. The third-order valence-corrected chi connectivity index (χ3v) is 4.24. The van der Waals surface area contributed by atoms with Gasteiger partial charge in [0.15, 0.2) is 0 Å². The molecule has 2 heterocycles. The van der Waals surface area contributed by atoms with Crippen LogP contribution >= 0.6 is 11.3 Å². The Morgan fingerprint density at radius 3 is 3.06 bits per heavy atom. The summed E-state index contributed by atoms with van der Waals surface area (Å²) < 4.78 is 1.28. The Balaban J connectivity index is 1.97. The Kier molecular flexibility index (Phi) is 2.52. The summed E-state index contributed by atoms with van der Waals surface area (Å²) in [4.78, 5) is 13.5. The van der Waals surface area contributed by atoms with Crippen LogP contribution in [-0.4, -0.2) is 24.0 Å². The van der Waals surface area contributed by atoms with Crippen LogP contribution in [0.5, 0.6) is 0 Å². The van der Waals surface area contributed by atoms with Crippen molar-refractivity contribution in [3.05, 3.63) is 35.2 Å². The smallest absolute Gasteiger partial charge is 0.318 e. The van der Waals surface area contributed by atoms with Crippen molar-refractivity contribution in [2.45, 2.75) is 13.0 Å². The van der Waals surface area contributed by atoms with Crippen LogP contribution in [0.3, 0.4) is 0 Å². The highest BCUT2D eigenvalue weighted by Gasteiger charge is 2.29. The van der Waals surface area contributed by atoms with Crippen LogP contribution in [0.1, 0.15) is 18.5 Å². The average Bonchev–Trinajstić information content (AvgIpc) is 2.92. The van der Waals surface area contributed by atoms with Gasteiger partial charge in [-0.2, -0.15) is 0 Å². The number of thiophene rings is 1. The molecule has 0 aliphatic carbocycles. The molecule has 1 aliphatic heterocycles. The van der Waals surface area contributed by atoms with E-state index >= 15 is 0 Å². The first-order valence-electron chi connectivity index (χ1n) is 5.81. The Bertz CT molecular complexity index is 563. The summed E-state index contributed by atoms with van der Waals surface area (Å²) in [6.07, 6.45) is 0. The third-order valence-electron chi connectivity index (χ3n) is 3.26. The molecule has 3 rings (SSSR count). The summed E-state index contributed by atoms with van der Waals surface area (Å²) in [5, 5.41) is 6.47. The topological polar surface area (TPSA) is 32.3 Å². The molecule has 0 radical (unpaired) electrons. The van der Waals surface area contributed by atoms with Gasteiger partial charge in [-0.15, -0.1) is 11.3 Å². The Morgan fingerprint density at radius 2 is 2.29 bits per heavy atom. The second-order valence-corrected chi connectivity index (χ2v) is 5.14. The number of fused-ring (bicyclic) bond motifs is 1. The SMILES string of the molecule is CCN1CC(c2csc3ccccc23)NC1=O. The molecule has 1 N–H and O–H groups in total. The molecule has 1 unspecified atom stereocenters. The molecule has 1 saturated heterocycles. The number of nitrogens with one attached hydrogen (secondary N) is 1. The van der Waals surface area contributed by atoms with E-state index in [-0.39, 0.29) is 12.1 Å². The van der Waals surface area contributed by atoms with Crippen LogP contribution in [-0.2, 0) is 0 Å². The normalized spacial score (nSPS) is 19.9. The molecule has 0 bridgehead atoms. The van der Waals surface area contributed by atoms with Crippen molar-refractivity contribution in [3.8, 4) is 0 Å². The number of hydrogen-bond acceptors (Lipinski definition) is 2. The van der Waals surface area contributed by atoms with Gasteiger partial charge in [-0.1, -0.05) is 18.2 Å². The van der Waals surface area contributed by atoms with E-state index in [2.05, 4.69) is 22.8 Å². The van der Waals surface area contributed by atoms with Gasteiger partial charge in [-0.05, 0) is 29.3 Å². The second-order valence-electron chi connectivity index (χ2n) is 4.23. The van der Waals surface area contributed by atoms with Crippen molar-refractivity contribution in [1.29, 1.82) is 0 Å². The van der Waals surface area contributed by atoms with Crippen LogP contribution < -0.4 is 5.32 Å². The third kappa shape index (κ3) is 1.69. The van der Waals surface area contributed by atoms with Crippen LogP contribution in [0.2, 0.25) is 0 Å². The van der Waals surface area contributed by atoms with E-state index in [0.717, 1.165) is 13.1 Å². The lowest BCUT2D eigenvalue weighted by Crippen LogP contribution is -2.27. The molecular weight excluding hydrogens is 232 g/mol. The maximum Gasteiger partial charge on any atom is 0.318 e. The Hall–Kier alpha value is -1.55. The van der Waals surface area contributed by atoms with E-state index in [4.69, 9.17) is 0 Å². The molecular formula is C13H14N2OS. The number of amides is 2. The van der Waals surface area contributed by atoms with E-state index < -0.39 is 0 Å². The van der Waals surface area contributed by atoms with Crippen molar-refractivity contribution in [3.63, 3.8) is 0 Å². The van der Waals surface area contributed by atoms with Crippen molar-refractivity contribution in [1.82, 2.24) is 10.2 Å². The number of hydrogen-bond donors (Lipinski definition) is 1. The predicted molar refractivity (Wildman–Crippen MR) is 70.3 cm³/mol. The minimum atomic E-state index is 0.0489. The van der Waals surface area contributed by atoms with Gasteiger partial charge in [0.05, 0.1) is 6.04 Å². The van der Waals surface area contributed by atoms with E-state index in [1.807, 2.05) is 24.0 Å². The first-order valence-corrected chi connectivity index (χ1v) is 6.69. The second kappa shape index (κ2) is 4.04.